The van der Waals surface area contributed by atoms with Gasteiger partial charge in [-0.2, -0.15) is 5.10 Å². The fraction of sp³-hybridized carbons (Fsp3) is 0.444. The maximum Gasteiger partial charge on any atom is 0.191 e. The van der Waals surface area contributed by atoms with Crippen LogP contribution in [0.1, 0.15) is 25.0 Å². The zero-order valence-corrected chi connectivity index (χ0v) is 17.0. The van der Waals surface area contributed by atoms with Gasteiger partial charge in [-0.15, -0.1) is 24.0 Å². The molecule has 5 nitrogen and oxygen atoms in total. The first-order valence-corrected chi connectivity index (χ1v) is 8.22. The van der Waals surface area contributed by atoms with E-state index in [0.717, 1.165) is 25.6 Å². The molecule has 2 rings (SSSR count). The van der Waals surface area contributed by atoms with Crippen LogP contribution in [0.4, 0.5) is 0 Å². The van der Waals surface area contributed by atoms with Crippen molar-refractivity contribution in [2.45, 2.75) is 33.9 Å². The Morgan fingerprint density at radius 2 is 2.00 bits per heavy atom. The summed E-state index contributed by atoms with van der Waals surface area (Å²) < 4.78 is 1.96. The van der Waals surface area contributed by atoms with Crippen molar-refractivity contribution in [1.29, 1.82) is 0 Å². The standard InChI is InChI=1S/C18H27N5.HI/c1-4-19-18(21-13-17-8-6-15(2)7-9-17)20-12-16(3)14-23-11-5-10-22-23;/h5-11,16H,4,12-14H2,1-3H3,(H2,19,20,21);1H. The monoisotopic (exact) mass is 441 g/mol. The Morgan fingerprint density at radius 3 is 2.62 bits per heavy atom. The predicted molar refractivity (Wildman–Crippen MR) is 111 cm³/mol. The summed E-state index contributed by atoms with van der Waals surface area (Å²) in [6, 6.07) is 10.5. The number of nitrogens with zero attached hydrogens (tertiary/aromatic N) is 3. The van der Waals surface area contributed by atoms with Crippen molar-refractivity contribution in [3.63, 3.8) is 0 Å². The van der Waals surface area contributed by atoms with Gasteiger partial charge in [-0.05, 0) is 31.4 Å². The number of aliphatic imine (C=N–C) groups is 1. The second-order valence-electron chi connectivity index (χ2n) is 5.89. The van der Waals surface area contributed by atoms with Gasteiger partial charge < -0.3 is 10.6 Å². The summed E-state index contributed by atoms with van der Waals surface area (Å²) in [5.74, 6) is 1.33. The molecule has 0 saturated carbocycles. The Hall–Kier alpha value is -1.57. The lowest BCUT2D eigenvalue weighted by Crippen LogP contribution is -2.40. The van der Waals surface area contributed by atoms with Crippen LogP contribution in [0.15, 0.2) is 47.7 Å². The van der Waals surface area contributed by atoms with Crippen LogP contribution in [-0.2, 0) is 13.1 Å². The third kappa shape index (κ3) is 7.33. The molecule has 0 spiro atoms. The Balaban J connectivity index is 0.00000288. The van der Waals surface area contributed by atoms with E-state index < -0.39 is 0 Å². The lowest BCUT2D eigenvalue weighted by Gasteiger charge is -2.16. The summed E-state index contributed by atoms with van der Waals surface area (Å²) in [6.07, 6.45) is 3.81. The molecule has 1 heterocycles. The topological polar surface area (TPSA) is 54.2 Å². The van der Waals surface area contributed by atoms with E-state index in [1.807, 2.05) is 23.1 Å². The lowest BCUT2D eigenvalue weighted by atomic mass is 10.1. The van der Waals surface area contributed by atoms with E-state index in [9.17, 15) is 0 Å². The number of halogens is 1. The quantitative estimate of drug-likeness (QED) is 0.394. The Morgan fingerprint density at radius 1 is 1.25 bits per heavy atom. The molecular formula is C18H28IN5. The van der Waals surface area contributed by atoms with Crippen LogP contribution in [0.3, 0.4) is 0 Å². The number of nitrogens with one attached hydrogen (secondary N) is 2. The van der Waals surface area contributed by atoms with Crippen LogP contribution in [0.5, 0.6) is 0 Å². The SMILES string of the molecule is CCNC(=NCc1ccc(C)cc1)NCC(C)Cn1cccn1.I. The second kappa shape index (κ2) is 11.1. The van der Waals surface area contributed by atoms with Crippen molar-refractivity contribution in [1.82, 2.24) is 20.4 Å². The van der Waals surface area contributed by atoms with E-state index in [4.69, 9.17) is 0 Å². The smallest absolute Gasteiger partial charge is 0.191 e. The number of aryl methyl sites for hydroxylation is 1. The van der Waals surface area contributed by atoms with Gasteiger partial charge in [0.1, 0.15) is 0 Å². The molecule has 0 saturated heterocycles. The first kappa shape index (κ1) is 20.5. The molecule has 6 heteroatoms. The summed E-state index contributed by atoms with van der Waals surface area (Å²) >= 11 is 0. The summed E-state index contributed by atoms with van der Waals surface area (Å²) in [4.78, 5) is 4.65. The van der Waals surface area contributed by atoms with Crippen molar-refractivity contribution in [3.8, 4) is 0 Å². The third-order valence-electron chi connectivity index (χ3n) is 3.56. The van der Waals surface area contributed by atoms with E-state index in [1.165, 1.54) is 11.1 Å². The molecule has 1 aromatic carbocycles. The number of guanidine groups is 1. The molecule has 1 atom stereocenters. The molecule has 1 unspecified atom stereocenters. The molecule has 132 valence electrons. The number of aromatic nitrogens is 2. The van der Waals surface area contributed by atoms with E-state index in [-0.39, 0.29) is 24.0 Å². The first-order chi connectivity index (χ1) is 11.2. The molecule has 24 heavy (non-hydrogen) atoms. The van der Waals surface area contributed by atoms with E-state index >= 15 is 0 Å². The molecule has 0 aliphatic heterocycles. The third-order valence-corrected chi connectivity index (χ3v) is 3.56. The van der Waals surface area contributed by atoms with Gasteiger partial charge in [0, 0.05) is 32.0 Å². The van der Waals surface area contributed by atoms with Crippen molar-refractivity contribution in [2.75, 3.05) is 13.1 Å². The van der Waals surface area contributed by atoms with Crippen molar-refractivity contribution in [2.24, 2.45) is 10.9 Å². The normalized spacial score (nSPS) is 12.4. The highest BCUT2D eigenvalue weighted by Crippen LogP contribution is 2.04. The Bertz CT molecular complexity index is 592. The summed E-state index contributed by atoms with van der Waals surface area (Å²) in [6.45, 7) is 9.68. The Labute approximate surface area is 162 Å². The zero-order chi connectivity index (χ0) is 16.5. The van der Waals surface area contributed by atoms with Crippen LogP contribution in [0.2, 0.25) is 0 Å². The van der Waals surface area contributed by atoms with Gasteiger partial charge in [0.15, 0.2) is 5.96 Å². The van der Waals surface area contributed by atoms with Crippen LogP contribution in [0.25, 0.3) is 0 Å². The van der Waals surface area contributed by atoms with E-state index in [0.29, 0.717) is 12.5 Å². The van der Waals surface area contributed by atoms with Gasteiger partial charge in [0.05, 0.1) is 6.54 Å². The number of hydrogen-bond donors (Lipinski definition) is 2. The molecule has 2 aromatic rings. The van der Waals surface area contributed by atoms with Crippen LogP contribution in [0, 0.1) is 12.8 Å². The number of rotatable bonds is 7. The van der Waals surface area contributed by atoms with Crippen LogP contribution < -0.4 is 10.6 Å². The summed E-state index contributed by atoms with van der Waals surface area (Å²) in [5, 5.41) is 11.0. The largest absolute Gasteiger partial charge is 0.357 e. The van der Waals surface area contributed by atoms with Gasteiger partial charge in [-0.3, -0.25) is 4.68 Å². The predicted octanol–water partition coefficient (Wildman–Crippen LogP) is 3.20. The minimum atomic E-state index is 0. The summed E-state index contributed by atoms with van der Waals surface area (Å²) in [7, 11) is 0. The van der Waals surface area contributed by atoms with E-state index in [1.54, 1.807) is 0 Å². The zero-order valence-electron chi connectivity index (χ0n) is 14.7. The molecule has 0 amide bonds. The van der Waals surface area contributed by atoms with Gasteiger partial charge in [0.2, 0.25) is 0 Å². The van der Waals surface area contributed by atoms with Gasteiger partial charge in [0.25, 0.3) is 0 Å². The second-order valence-corrected chi connectivity index (χ2v) is 5.89. The number of benzene rings is 1. The lowest BCUT2D eigenvalue weighted by molar-refractivity contribution is 0.443. The van der Waals surface area contributed by atoms with Gasteiger partial charge >= 0.3 is 0 Å². The highest BCUT2D eigenvalue weighted by Gasteiger charge is 2.05. The maximum absolute atomic E-state index is 4.65. The molecule has 0 aliphatic carbocycles. The molecule has 0 radical (unpaired) electrons. The van der Waals surface area contributed by atoms with Crippen molar-refractivity contribution in [3.05, 3.63) is 53.9 Å². The maximum atomic E-state index is 4.65. The average Bonchev–Trinajstić information content (AvgIpc) is 3.04. The molecule has 0 fully saturated rings. The van der Waals surface area contributed by atoms with Crippen LogP contribution >= 0.6 is 24.0 Å². The molecule has 0 bridgehead atoms. The first-order valence-electron chi connectivity index (χ1n) is 8.22. The molecule has 0 aliphatic rings. The fourth-order valence-electron chi connectivity index (χ4n) is 2.27. The molecular weight excluding hydrogens is 413 g/mol. The van der Waals surface area contributed by atoms with Gasteiger partial charge in [-0.25, -0.2) is 4.99 Å². The molecule has 2 N–H and O–H groups in total. The number of hydrogen-bond acceptors (Lipinski definition) is 2. The fourth-order valence-corrected chi connectivity index (χ4v) is 2.27. The molecule has 1 aromatic heterocycles. The van der Waals surface area contributed by atoms with E-state index in [2.05, 4.69) is 65.8 Å². The average molecular weight is 441 g/mol. The van der Waals surface area contributed by atoms with Crippen LogP contribution in [-0.4, -0.2) is 28.8 Å². The minimum absolute atomic E-state index is 0. The van der Waals surface area contributed by atoms with Gasteiger partial charge in [-0.1, -0.05) is 36.8 Å². The summed E-state index contributed by atoms with van der Waals surface area (Å²) in [5.41, 5.74) is 2.49. The Kier molecular flexibility index (Phi) is 9.44. The van der Waals surface area contributed by atoms with Crippen molar-refractivity contribution < 1.29 is 0 Å². The highest BCUT2D eigenvalue weighted by molar-refractivity contribution is 14.0. The van der Waals surface area contributed by atoms with Crippen molar-refractivity contribution >= 4 is 29.9 Å². The minimum Gasteiger partial charge on any atom is -0.357 e. The highest BCUT2D eigenvalue weighted by atomic mass is 127.